The van der Waals surface area contributed by atoms with Gasteiger partial charge in [-0.1, -0.05) is 53.6 Å². The lowest BCUT2D eigenvalue weighted by Gasteiger charge is -2.29. The molecule has 0 saturated carbocycles. The number of anilines is 1. The van der Waals surface area contributed by atoms with Crippen LogP contribution in [0.5, 0.6) is 0 Å². The SMILES string of the molecule is CC1=C(c2ccc(C#CC(C)(C)C)cc2)N(c2ccc(Cl)cc2Cl)NC1C(=O)NN1CCCCC1. The number of hydrogen-bond acceptors (Lipinski definition) is 4. The summed E-state index contributed by atoms with van der Waals surface area (Å²) in [5.41, 5.74) is 10.9. The molecule has 0 radical (unpaired) electrons. The molecule has 0 aromatic heterocycles. The number of piperidine rings is 1. The van der Waals surface area contributed by atoms with E-state index in [9.17, 15) is 4.79 Å². The van der Waals surface area contributed by atoms with Gasteiger partial charge in [0.05, 0.1) is 16.4 Å². The predicted octanol–water partition coefficient (Wildman–Crippen LogP) is 6.03. The summed E-state index contributed by atoms with van der Waals surface area (Å²) in [7, 11) is 0. The van der Waals surface area contributed by atoms with Crippen molar-refractivity contribution in [1.29, 1.82) is 0 Å². The minimum Gasteiger partial charge on any atom is -0.287 e. The molecule has 35 heavy (non-hydrogen) atoms. The Morgan fingerprint density at radius 2 is 1.74 bits per heavy atom. The molecule has 0 spiro atoms. The molecule has 5 nitrogen and oxygen atoms in total. The Balaban J connectivity index is 1.68. The van der Waals surface area contributed by atoms with Crippen molar-refractivity contribution in [3.05, 3.63) is 69.2 Å². The summed E-state index contributed by atoms with van der Waals surface area (Å²) in [6, 6.07) is 12.9. The molecule has 2 N–H and O–H groups in total. The van der Waals surface area contributed by atoms with E-state index in [1.807, 2.05) is 47.3 Å². The molecule has 1 fully saturated rings. The fourth-order valence-electron chi connectivity index (χ4n) is 4.27. The summed E-state index contributed by atoms with van der Waals surface area (Å²) in [4.78, 5) is 13.3. The quantitative estimate of drug-likeness (QED) is 0.492. The maximum absolute atomic E-state index is 13.3. The van der Waals surface area contributed by atoms with Crippen molar-refractivity contribution in [2.45, 2.75) is 53.0 Å². The van der Waals surface area contributed by atoms with Crippen LogP contribution in [-0.4, -0.2) is 30.0 Å². The number of benzene rings is 2. The van der Waals surface area contributed by atoms with Gasteiger partial charge in [0.15, 0.2) is 0 Å². The van der Waals surface area contributed by atoms with Gasteiger partial charge in [0.2, 0.25) is 0 Å². The average molecular weight is 511 g/mol. The van der Waals surface area contributed by atoms with E-state index >= 15 is 0 Å². The number of hydrazine groups is 2. The number of rotatable bonds is 4. The highest BCUT2D eigenvalue weighted by Gasteiger charge is 2.36. The fourth-order valence-corrected chi connectivity index (χ4v) is 4.76. The lowest BCUT2D eigenvalue weighted by Crippen LogP contribution is -2.53. The molecule has 1 atom stereocenters. The minimum atomic E-state index is -0.529. The van der Waals surface area contributed by atoms with Crippen LogP contribution < -0.4 is 15.9 Å². The number of nitrogens with zero attached hydrogens (tertiary/aromatic N) is 2. The van der Waals surface area contributed by atoms with Crippen molar-refractivity contribution in [3.8, 4) is 11.8 Å². The van der Waals surface area contributed by atoms with E-state index in [0.717, 1.165) is 54.0 Å². The zero-order chi connectivity index (χ0) is 25.2. The molecule has 2 aromatic rings. The van der Waals surface area contributed by atoms with Crippen LogP contribution in [-0.2, 0) is 4.79 Å². The molecule has 1 unspecified atom stereocenters. The van der Waals surface area contributed by atoms with Gasteiger partial charge in [-0.15, -0.1) is 0 Å². The number of amides is 1. The van der Waals surface area contributed by atoms with Gasteiger partial charge in [0.25, 0.3) is 5.91 Å². The van der Waals surface area contributed by atoms with E-state index in [1.165, 1.54) is 6.42 Å². The largest absolute Gasteiger partial charge is 0.287 e. The van der Waals surface area contributed by atoms with Gasteiger partial charge in [-0.2, -0.15) is 0 Å². The number of halogens is 2. The molecule has 2 aliphatic rings. The maximum Gasteiger partial charge on any atom is 0.257 e. The van der Waals surface area contributed by atoms with Crippen molar-refractivity contribution in [2.75, 3.05) is 18.1 Å². The van der Waals surface area contributed by atoms with Crippen LogP contribution in [0.3, 0.4) is 0 Å². The van der Waals surface area contributed by atoms with Crippen molar-refractivity contribution in [3.63, 3.8) is 0 Å². The third kappa shape index (κ3) is 6.20. The summed E-state index contributed by atoms with van der Waals surface area (Å²) in [6.07, 6.45) is 3.39. The lowest BCUT2D eigenvalue weighted by molar-refractivity contribution is -0.127. The van der Waals surface area contributed by atoms with Crippen molar-refractivity contribution >= 4 is 40.5 Å². The van der Waals surface area contributed by atoms with E-state index in [0.29, 0.717) is 10.0 Å². The second-order valence-corrected chi connectivity index (χ2v) is 11.0. The minimum absolute atomic E-state index is 0.0652. The monoisotopic (exact) mass is 510 g/mol. The first-order chi connectivity index (χ1) is 16.6. The van der Waals surface area contributed by atoms with Gasteiger partial charge in [-0.25, -0.2) is 10.4 Å². The molecule has 0 aliphatic carbocycles. The van der Waals surface area contributed by atoms with Crippen LogP contribution in [0.4, 0.5) is 5.69 Å². The van der Waals surface area contributed by atoms with Gasteiger partial charge in [0, 0.05) is 29.1 Å². The van der Waals surface area contributed by atoms with Crippen LogP contribution >= 0.6 is 23.2 Å². The molecule has 7 heteroatoms. The summed E-state index contributed by atoms with van der Waals surface area (Å²) in [6.45, 7) is 10.0. The average Bonchev–Trinajstić information content (AvgIpc) is 3.15. The van der Waals surface area contributed by atoms with Crippen molar-refractivity contribution < 1.29 is 4.79 Å². The molecule has 0 bridgehead atoms. The van der Waals surface area contributed by atoms with Gasteiger partial charge in [-0.05, 0) is 82.0 Å². The van der Waals surface area contributed by atoms with E-state index in [4.69, 9.17) is 23.2 Å². The molecular weight excluding hydrogens is 479 g/mol. The first-order valence-electron chi connectivity index (χ1n) is 12.0. The highest BCUT2D eigenvalue weighted by molar-refractivity contribution is 6.36. The van der Waals surface area contributed by atoms with Crippen LogP contribution in [0.1, 0.15) is 58.1 Å². The Morgan fingerprint density at radius 1 is 1.06 bits per heavy atom. The zero-order valence-electron chi connectivity index (χ0n) is 20.7. The topological polar surface area (TPSA) is 47.6 Å². The van der Waals surface area contributed by atoms with E-state index in [-0.39, 0.29) is 11.3 Å². The fraction of sp³-hybridized carbons (Fsp3) is 0.393. The third-order valence-electron chi connectivity index (χ3n) is 6.07. The zero-order valence-corrected chi connectivity index (χ0v) is 22.2. The molecule has 4 rings (SSSR count). The maximum atomic E-state index is 13.3. The lowest BCUT2D eigenvalue weighted by atomic mass is 9.97. The molecule has 2 heterocycles. The van der Waals surface area contributed by atoms with E-state index in [2.05, 4.69) is 43.5 Å². The Labute approximate surface area is 218 Å². The van der Waals surface area contributed by atoms with Crippen LogP contribution in [0, 0.1) is 17.3 Å². The summed E-state index contributed by atoms with van der Waals surface area (Å²) in [5, 5.41) is 4.96. The Morgan fingerprint density at radius 3 is 2.37 bits per heavy atom. The number of carbonyl (C=O) groups excluding carboxylic acids is 1. The Kier molecular flexibility index (Phi) is 7.78. The predicted molar refractivity (Wildman–Crippen MR) is 145 cm³/mol. The number of carbonyl (C=O) groups is 1. The summed E-state index contributed by atoms with van der Waals surface area (Å²) >= 11 is 12.7. The first-order valence-corrected chi connectivity index (χ1v) is 12.8. The number of hydrogen-bond donors (Lipinski definition) is 2. The van der Waals surface area contributed by atoms with Crippen LogP contribution in [0.2, 0.25) is 10.0 Å². The molecule has 1 saturated heterocycles. The van der Waals surface area contributed by atoms with Gasteiger partial charge >= 0.3 is 0 Å². The Hall–Kier alpha value is -2.49. The number of nitrogens with one attached hydrogen (secondary N) is 2. The van der Waals surface area contributed by atoms with Crippen LogP contribution in [0.25, 0.3) is 5.70 Å². The molecule has 2 aromatic carbocycles. The first kappa shape index (κ1) is 25.6. The standard InChI is InChI=1S/C28H32Cl2N4O/c1-19-25(27(35)32-33-16-6-5-7-17-33)31-34(24-13-12-22(29)18-23(24)30)26(19)21-10-8-20(9-11-21)14-15-28(2,3)4/h8-13,18,25,31H,5-7,16-17H2,1-4H3,(H,32,35). The highest BCUT2D eigenvalue weighted by atomic mass is 35.5. The summed E-state index contributed by atoms with van der Waals surface area (Å²) < 4.78 is 0. The Bertz CT molecular complexity index is 1180. The molecular formula is C28H32Cl2N4O. The van der Waals surface area contributed by atoms with Gasteiger partial charge in [0.1, 0.15) is 6.04 Å². The van der Waals surface area contributed by atoms with Crippen molar-refractivity contribution in [2.24, 2.45) is 5.41 Å². The summed E-state index contributed by atoms with van der Waals surface area (Å²) in [5.74, 6) is 6.43. The third-order valence-corrected chi connectivity index (χ3v) is 6.60. The smallest absolute Gasteiger partial charge is 0.257 e. The van der Waals surface area contributed by atoms with Crippen molar-refractivity contribution in [1.82, 2.24) is 15.9 Å². The molecule has 184 valence electrons. The van der Waals surface area contributed by atoms with Gasteiger partial charge in [-0.3, -0.25) is 15.2 Å². The normalized spacial score (nSPS) is 18.9. The molecule has 2 aliphatic heterocycles. The second-order valence-electron chi connectivity index (χ2n) is 10.1. The van der Waals surface area contributed by atoms with Crippen LogP contribution in [0.15, 0.2) is 48.0 Å². The van der Waals surface area contributed by atoms with Gasteiger partial charge < -0.3 is 0 Å². The highest BCUT2D eigenvalue weighted by Crippen LogP contribution is 2.38. The molecule has 1 amide bonds. The van der Waals surface area contributed by atoms with E-state index in [1.54, 1.807) is 12.1 Å². The second kappa shape index (κ2) is 10.6. The van der Waals surface area contributed by atoms with E-state index < -0.39 is 6.04 Å².